The highest BCUT2D eigenvalue weighted by atomic mass is 19.1. The average molecular weight is 317 g/mol. The van der Waals surface area contributed by atoms with Crippen molar-refractivity contribution < 1.29 is 18.4 Å². The summed E-state index contributed by atoms with van der Waals surface area (Å²) in [4.78, 5) is 11.6. The number of carbonyl (C=O) groups is 1. The lowest BCUT2D eigenvalue weighted by atomic mass is 10.2. The zero-order valence-electron chi connectivity index (χ0n) is 11.8. The minimum Gasteiger partial charge on any atom is -0.388 e. The van der Waals surface area contributed by atoms with E-state index in [9.17, 15) is 9.18 Å². The highest BCUT2D eigenvalue weighted by Crippen LogP contribution is 2.23. The number of carbonyl (C=O) groups excluding carboxylic acids is 1. The third kappa shape index (κ3) is 3.90. The zero-order chi connectivity index (χ0) is 16.1. The summed E-state index contributed by atoms with van der Waals surface area (Å²) < 4.78 is 24.5. The van der Waals surface area contributed by atoms with Gasteiger partial charge in [-0.05, 0) is 29.4 Å². The Bertz CT molecular complexity index is 770. The van der Waals surface area contributed by atoms with E-state index in [-0.39, 0.29) is 11.7 Å². The van der Waals surface area contributed by atoms with Crippen LogP contribution in [0.5, 0.6) is 5.88 Å². The van der Waals surface area contributed by atoms with Crippen molar-refractivity contribution in [1.82, 2.24) is 25.5 Å². The molecule has 0 unspecified atom stereocenters. The van der Waals surface area contributed by atoms with Crippen LogP contribution < -0.4 is 10.1 Å². The van der Waals surface area contributed by atoms with Gasteiger partial charge in [0.05, 0.1) is 18.8 Å². The van der Waals surface area contributed by atoms with Crippen molar-refractivity contribution in [2.45, 2.75) is 6.54 Å². The predicted octanol–water partition coefficient (Wildman–Crippen LogP) is 1.86. The molecule has 0 aliphatic heterocycles. The van der Waals surface area contributed by atoms with E-state index < -0.39 is 6.09 Å². The van der Waals surface area contributed by atoms with Crippen molar-refractivity contribution in [2.75, 3.05) is 6.54 Å². The lowest BCUT2D eigenvalue weighted by molar-refractivity contribution is 0.195. The van der Waals surface area contributed by atoms with E-state index in [4.69, 9.17) is 9.26 Å². The van der Waals surface area contributed by atoms with Gasteiger partial charge < -0.3 is 14.6 Å². The van der Waals surface area contributed by atoms with Gasteiger partial charge in [-0.3, -0.25) is 4.68 Å². The molecule has 1 aromatic carbocycles. The summed E-state index contributed by atoms with van der Waals surface area (Å²) in [6, 6.07) is 7.13. The van der Waals surface area contributed by atoms with E-state index in [2.05, 4.69) is 20.8 Å². The first kappa shape index (κ1) is 14.7. The number of hydrogen-bond donors (Lipinski definition) is 1. The fourth-order valence-corrected chi connectivity index (χ4v) is 1.81. The molecule has 3 rings (SSSR count). The van der Waals surface area contributed by atoms with Crippen LogP contribution in [-0.4, -0.2) is 32.8 Å². The van der Waals surface area contributed by atoms with E-state index in [0.29, 0.717) is 24.4 Å². The first-order valence-corrected chi connectivity index (χ1v) is 6.73. The van der Waals surface area contributed by atoms with Crippen LogP contribution >= 0.6 is 0 Å². The van der Waals surface area contributed by atoms with Crippen LogP contribution in [0.25, 0.3) is 11.3 Å². The zero-order valence-corrected chi connectivity index (χ0v) is 11.8. The van der Waals surface area contributed by atoms with E-state index in [1.807, 2.05) is 0 Å². The molecule has 0 radical (unpaired) electrons. The summed E-state index contributed by atoms with van der Waals surface area (Å²) in [6.45, 7) is 0.791. The number of amides is 1. The number of nitrogens with zero attached hydrogens (tertiary/aromatic N) is 4. The number of rotatable bonds is 5. The maximum atomic E-state index is 12.9. The molecule has 23 heavy (non-hydrogen) atoms. The Hall–Kier alpha value is -3.23. The number of halogens is 1. The smallest absolute Gasteiger partial charge is 0.388 e. The van der Waals surface area contributed by atoms with Crippen LogP contribution in [0.15, 0.2) is 47.2 Å². The summed E-state index contributed by atoms with van der Waals surface area (Å²) in [7, 11) is 0. The van der Waals surface area contributed by atoms with Gasteiger partial charge in [0.15, 0.2) is 5.76 Å². The molecule has 2 heterocycles. The SMILES string of the molecule is O=C(NCCn1ccnn1)Oc1cc(-c2ccc(F)cc2)on1. The minimum absolute atomic E-state index is 0.0163. The quantitative estimate of drug-likeness (QED) is 0.772. The summed E-state index contributed by atoms with van der Waals surface area (Å²) in [5.74, 6) is 0.0366. The summed E-state index contributed by atoms with van der Waals surface area (Å²) in [5, 5.41) is 13.6. The van der Waals surface area contributed by atoms with E-state index in [1.54, 1.807) is 17.1 Å². The van der Waals surface area contributed by atoms with Gasteiger partial charge in [0, 0.05) is 18.3 Å². The van der Waals surface area contributed by atoms with Crippen LogP contribution in [-0.2, 0) is 6.54 Å². The Balaban J connectivity index is 1.52. The molecular formula is C14H12FN5O3. The second kappa shape index (κ2) is 6.69. The van der Waals surface area contributed by atoms with Crippen molar-refractivity contribution in [1.29, 1.82) is 0 Å². The molecule has 1 amide bonds. The van der Waals surface area contributed by atoms with Gasteiger partial charge in [-0.2, -0.15) is 0 Å². The molecule has 0 aliphatic rings. The molecule has 8 nitrogen and oxygen atoms in total. The summed E-state index contributed by atoms with van der Waals surface area (Å²) in [5.41, 5.74) is 0.625. The lowest BCUT2D eigenvalue weighted by Crippen LogP contribution is -2.30. The van der Waals surface area contributed by atoms with Crippen molar-refractivity contribution in [2.24, 2.45) is 0 Å². The van der Waals surface area contributed by atoms with Gasteiger partial charge in [-0.25, -0.2) is 9.18 Å². The molecule has 118 valence electrons. The van der Waals surface area contributed by atoms with Gasteiger partial charge >= 0.3 is 6.09 Å². The van der Waals surface area contributed by atoms with Gasteiger partial charge in [0.1, 0.15) is 5.82 Å². The maximum absolute atomic E-state index is 12.9. The molecule has 0 fully saturated rings. The molecular weight excluding hydrogens is 305 g/mol. The van der Waals surface area contributed by atoms with Crippen LogP contribution in [0.2, 0.25) is 0 Å². The first-order valence-electron chi connectivity index (χ1n) is 6.73. The Morgan fingerprint density at radius 3 is 2.91 bits per heavy atom. The average Bonchev–Trinajstić information content (AvgIpc) is 3.20. The molecule has 0 aliphatic carbocycles. The van der Waals surface area contributed by atoms with Gasteiger partial charge in [0.25, 0.3) is 5.88 Å². The first-order chi connectivity index (χ1) is 11.2. The minimum atomic E-state index is -0.663. The Morgan fingerprint density at radius 1 is 1.35 bits per heavy atom. The molecule has 0 spiro atoms. The Morgan fingerprint density at radius 2 is 2.17 bits per heavy atom. The lowest BCUT2D eigenvalue weighted by Gasteiger charge is -2.03. The van der Waals surface area contributed by atoms with Crippen LogP contribution in [0.3, 0.4) is 0 Å². The largest absolute Gasteiger partial charge is 0.414 e. The van der Waals surface area contributed by atoms with Crippen molar-refractivity contribution in [3.63, 3.8) is 0 Å². The van der Waals surface area contributed by atoms with Crippen LogP contribution in [0, 0.1) is 5.82 Å². The number of benzene rings is 1. The molecule has 3 aromatic rings. The molecule has 2 aromatic heterocycles. The van der Waals surface area contributed by atoms with E-state index >= 15 is 0 Å². The maximum Gasteiger partial charge on any atom is 0.414 e. The van der Waals surface area contributed by atoms with Gasteiger partial charge in [-0.1, -0.05) is 5.21 Å². The van der Waals surface area contributed by atoms with E-state index in [1.165, 1.54) is 30.3 Å². The summed E-state index contributed by atoms with van der Waals surface area (Å²) >= 11 is 0. The third-order valence-corrected chi connectivity index (χ3v) is 2.90. The highest BCUT2D eigenvalue weighted by molar-refractivity contribution is 5.70. The molecule has 1 N–H and O–H groups in total. The molecule has 0 saturated heterocycles. The fraction of sp³-hybridized carbons (Fsp3) is 0.143. The van der Waals surface area contributed by atoms with Crippen molar-refractivity contribution in [3.8, 4) is 17.2 Å². The fourth-order valence-electron chi connectivity index (χ4n) is 1.81. The second-order valence-electron chi connectivity index (χ2n) is 4.52. The number of nitrogens with one attached hydrogen (secondary N) is 1. The number of ether oxygens (including phenoxy) is 1. The molecule has 9 heteroatoms. The molecule has 0 atom stereocenters. The number of hydrogen-bond acceptors (Lipinski definition) is 6. The Labute approximate surface area is 129 Å². The molecule has 0 bridgehead atoms. The number of aromatic nitrogens is 4. The molecule has 0 saturated carbocycles. The predicted molar refractivity (Wildman–Crippen MR) is 75.9 cm³/mol. The van der Waals surface area contributed by atoms with Crippen molar-refractivity contribution >= 4 is 6.09 Å². The highest BCUT2D eigenvalue weighted by Gasteiger charge is 2.11. The van der Waals surface area contributed by atoms with Gasteiger partial charge in [0.2, 0.25) is 0 Å². The van der Waals surface area contributed by atoms with E-state index in [0.717, 1.165) is 0 Å². The topological polar surface area (TPSA) is 95.1 Å². The standard InChI is InChI=1S/C14H12FN5O3/c15-11-3-1-10(2-4-11)12-9-13(18-23-12)22-14(21)16-5-7-20-8-6-17-19-20/h1-4,6,8-9H,5,7H2,(H,16,21). The normalized spacial score (nSPS) is 10.5. The monoisotopic (exact) mass is 317 g/mol. The Kier molecular flexibility index (Phi) is 4.27. The third-order valence-electron chi connectivity index (χ3n) is 2.90. The summed E-state index contributed by atoms with van der Waals surface area (Å²) in [6.07, 6.45) is 2.56. The van der Waals surface area contributed by atoms with Crippen molar-refractivity contribution in [3.05, 3.63) is 48.5 Å². The second-order valence-corrected chi connectivity index (χ2v) is 4.52. The van der Waals surface area contributed by atoms with Crippen LogP contribution in [0.4, 0.5) is 9.18 Å². The van der Waals surface area contributed by atoms with Gasteiger partial charge in [-0.15, -0.1) is 5.10 Å². The van der Waals surface area contributed by atoms with Crippen LogP contribution in [0.1, 0.15) is 0 Å².